The molecule has 0 radical (unpaired) electrons. The summed E-state index contributed by atoms with van der Waals surface area (Å²) in [5, 5.41) is 75.0. The first-order valence-electron chi connectivity index (χ1n) is 15.9. The Hall–Kier alpha value is -7.11. The zero-order valence-electron chi connectivity index (χ0n) is 29.1. The van der Waals surface area contributed by atoms with Crippen molar-refractivity contribution < 1.29 is 54.2 Å². The van der Waals surface area contributed by atoms with Gasteiger partial charge in [-0.25, -0.2) is 19.6 Å². The maximum absolute atomic E-state index is 11.8. The number of carbonyl (C=O) groups is 3. The van der Waals surface area contributed by atoms with Gasteiger partial charge in [-0.2, -0.15) is 30.3 Å². The molecule has 0 saturated heterocycles. The second-order valence-corrected chi connectivity index (χ2v) is 11.9. The zero-order valence-corrected chi connectivity index (χ0v) is 29.9. The Balaban J connectivity index is 1.35. The molecule has 288 valence electrons. The van der Waals surface area contributed by atoms with E-state index in [1.54, 1.807) is 37.3 Å². The number of carboxylic acid groups (broad SMARTS) is 3. The van der Waals surface area contributed by atoms with Crippen molar-refractivity contribution in [2.24, 2.45) is 20.5 Å². The summed E-state index contributed by atoms with van der Waals surface area (Å²) in [5.74, 6) is -3.27. The summed E-state index contributed by atoms with van der Waals surface area (Å²) in [5.41, 5.74) is 1.80. The Morgan fingerprint density at radius 3 is 2.04 bits per heavy atom. The van der Waals surface area contributed by atoms with Crippen LogP contribution in [0.2, 0.25) is 0 Å². The van der Waals surface area contributed by atoms with E-state index in [2.05, 4.69) is 60.7 Å². The SMILES string of the molecule is COc1cc(N=Nc2cc(C(=O)O)cc(C(=O)O)c2)ccc1Nc1nc(NCCO)nc(Nc2ccc(N=Nc3ccc(SOOO)cc3C(=O)O)c(C)c2)n1. The van der Waals surface area contributed by atoms with Crippen LogP contribution in [0.1, 0.15) is 36.6 Å². The summed E-state index contributed by atoms with van der Waals surface area (Å²) >= 11 is 0.604. The summed E-state index contributed by atoms with van der Waals surface area (Å²) in [4.78, 5) is 48.2. The number of ether oxygens (including phenoxy) is 1. The highest BCUT2D eigenvalue weighted by molar-refractivity contribution is 7.94. The molecule has 0 bridgehead atoms. The average molecular weight is 787 g/mol. The number of aryl methyl sites for hydroxylation is 1. The lowest BCUT2D eigenvalue weighted by molar-refractivity contribution is -0.432. The molecule has 0 unspecified atom stereocenters. The van der Waals surface area contributed by atoms with E-state index in [0.717, 1.165) is 6.07 Å². The second kappa shape index (κ2) is 18.8. The lowest BCUT2D eigenvalue weighted by Gasteiger charge is -2.13. The number of azo groups is 2. The number of nitrogens with zero attached hydrogens (tertiary/aromatic N) is 7. The fourth-order valence-corrected chi connectivity index (χ4v) is 5.09. The van der Waals surface area contributed by atoms with Crippen LogP contribution in [0.3, 0.4) is 0 Å². The molecule has 0 amide bonds. The van der Waals surface area contributed by atoms with E-state index in [0.29, 0.717) is 51.0 Å². The normalized spacial score (nSPS) is 11.1. The Bertz CT molecular complexity index is 2300. The third-order valence-corrected chi connectivity index (χ3v) is 7.81. The Morgan fingerprint density at radius 2 is 1.39 bits per heavy atom. The van der Waals surface area contributed by atoms with Gasteiger partial charge >= 0.3 is 17.9 Å². The van der Waals surface area contributed by atoms with Crippen LogP contribution in [0.15, 0.2) is 98.1 Å². The highest BCUT2D eigenvalue weighted by Gasteiger charge is 2.15. The minimum Gasteiger partial charge on any atom is -0.494 e. The molecule has 5 rings (SSSR count). The lowest BCUT2D eigenvalue weighted by Crippen LogP contribution is -2.12. The number of carboxylic acids is 3. The molecule has 0 spiro atoms. The van der Waals surface area contributed by atoms with Gasteiger partial charge in [0.2, 0.25) is 17.8 Å². The first-order valence-corrected chi connectivity index (χ1v) is 16.6. The first kappa shape index (κ1) is 40.1. The zero-order chi connectivity index (χ0) is 40.2. The molecule has 0 aliphatic carbocycles. The Labute approximate surface area is 319 Å². The van der Waals surface area contributed by atoms with Crippen LogP contribution in [0, 0.1) is 6.92 Å². The third-order valence-electron chi connectivity index (χ3n) is 7.23. The van der Waals surface area contributed by atoms with Crippen molar-refractivity contribution in [3.05, 3.63) is 95.1 Å². The fourth-order valence-electron chi connectivity index (χ4n) is 4.69. The summed E-state index contributed by atoms with van der Waals surface area (Å²) in [6.45, 7) is 1.72. The quantitative estimate of drug-likeness (QED) is 0.0185. The van der Waals surface area contributed by atoms with Crippen molar-refractivity contribution in [2.75, 3.05) is 36.2 Å². The van der Waals surface area contributed by atoms with Gasteiger partial charge in [-0.15, -0.1) is 9.45 Å². The Kier molecular flexibility index (Phi) is 13.4. The standard InChI is InChI=1S/C34H30N10O11S/c1-17-11-20(3-6-25(17)43-44-26-8-5-23(56-55-54-52)16-24(26)31(50)51)36-33-38-32(35-9-10-45)39-34(40-33)37-27-7-4-21(15-28(27)53-2)41-42-22-13-18(29(46)47)12-19(14-22)30(48)49/h3-8,11-16,45,52H,9-10H2,1-2H3,(H,46,47)(H,48,49)(H,50,51)(H3,35,36,37,38,39,40). The number of rotatable bonds is 18. The number of aromatic nitrogens is 3. The van der Waals surface area contributed by atoms with Crippen LogP contribution >= 0.6 is 12.0 Å². The number of hydrogen-bond acceptors (Lipinski definition) is 19. The van der Waals surface area contributed by atoms with E-state index in [9.17, 15) is 34.8 Å². The van der Waals surface area contributed by atoms with E-state index >= 15 is 0 Å². The number of nitrogens with one attached hydrogen (secondary N) is 3. The van der Waals surface area contributed by atoms with Crippen molar-refractivity contribution in [3.63, 3.8) is 0 Å². The molecule has 4 aromatic carbocycles. The fraction of sp³-hybridized carbons (Fsp3) is 0.118. The van der Waals surface area contributed by atoms with Crippen LogP contribution in [-0.2, 0) is 9.37 Å². The molecule has 0 atom stereocenters. The smallest absolute Gasteiger partial charge is 0.338 e. The molecule has 5 aromatic rings. The average Bonchev–Trinajstić information content (AvgIpc) is 3.18. The molecule has 1 aromatic heterocycles. The molecule has 56 heavy (non-hydrogen) atoms. The van der Waals surface area contributed by atoms with Gasteiger partial charge < -0.3 is 41.1 Å². The molecule has 22 heteroatoms. The minimum absolute atomic E-state index is 0.0178. The summed E-state index contributed by atoms with van der Waals surface area (Å²) in [6.07, 6.45) is 0. The molecular weight excluding hydrogens is 757 g/mol. The van der Waals surface area contributed by atoms with Gasteiger partial charge in [0.05, 0.1) is 65.2 Å². The maximum Gasteiger partial charge on any atom is 0.338 e. The van der Waals surface area contributed by atoms with Gasteiger partial charge in [-0.3, -0.25) is 0 Å². The largest absolute Gasteiger partial charge is 0.494 e. The van der Waals surface area contributed by atoms with Crippen LogP contribution in [0.5, 0.6) is 5.75 Å². The van der Waals surface area contributed by atoms with Crippen molar-refractivity contribution in [3.8, 4) is 5.75 Å². The number of aromatic carboxylic acids is 3. The van der Waals surface area contributed by atoms with Gasteiger partial charge in [0.15, 0.2) is 0 Å². The summed E-state index contributed by atoms with van der Waals surface area (Å²) < 4.78 is 9.87. The van der Waals surface area contributed by atoms with E-state index in [1.165, 1.54) is 43.5 Å². The maximum atomic E-state index is 11.8. The van der Waals surface area contributed by atoms with Crippen molar-refractivity contribution in [1.82, 2.24) is 15.0 Å². The van der Waals surface area contributed by atoms with E-state index < -0.39 is 17.9 Å². The molecule has 0 aliphatic rings. The number of aliphatic hydroxyl groups is 1. The number of hydrogen-bond donors (Lipinski definition) is 8. The predicted molar refractivity (Wildman–Crippen MR) is 199 cm³/mol. The topological polar surface area (TPSA) is 304 Å². The predicted octanol–water partition coefficient (Wildman–Crippen LogP) is 7.43. The van der Waals surface area contributed by atoms with Gasteiger partial charge in [0.25, 0.3) is 0 Å². The second-order valence-electron chi connectivity index (χ2n) is 11.1. The highest BCUT2D eigenvalue weighted by Crippen LogP contribution is 2.34. The van der Waals surface area contributed by atoms with Crippen LogP contribution in [-0.4, -0.2) is 78.8 Å². The molecule has 8 N–H and O–H groups in total. The van der Waals surface area contributed by atoms with E-state index in [1.807, 2.05) is 0 Å². The highest BCUT2D eigenvalue weighted by atomic mass is 32.2. The number of anilines is 5. The lowest BCUT2D eigenvalue weighted by atomic mass is 10.1. The van der Waals surface area contributed by atoms with Crippen molar-refractivity contribution >= 4 is 81.9 Å². The minimum atomic E-state index is -1.32. The van der Waals surface area contributed by atoms with Crippen molar-refractivity contribution in [1.29, 1.82) is 0 Å². The summed E-state index contributed by atoms with van der Waals surface area (Å²) in [6, 6.07) is 17.4. The monoisotopic (exact) mass is 786 g/mol. The van der Waals surface area contributed by atoms with E-state index in [-0.39, 0.29) is 59.1 Å². The Morgan fingerprint density at radius 1 is 0.732 bits per heavy atom. The molecular formula is C34H30N10O11S. The van der Waals surface area contributed by atoms with Crippen LogP contribution < -0.4 is 20.7 Å². The van der Waals surface area contributed by atoms with Gasteiger partial charge in [-0.1, -0.05) is 5.04 Å². The van der Waals surface area contributed by atoms with Gasteiger partial charge in [0, 0.05) is 23.2 Å². The third kappa shape index (κ3) is 10.7. The first-order chi connectivity index (χ1) is 27.0. The molecule has 0 saturated carbocycles. The molecule has 0 aliphatic heterocycles. The number of benzene rings is 4. The van der Waals surface area contributed by atoms with Crippen LogP contribution in [0.25, 0.3) is 0 Å². The van der Waals surface area contributed by atoms with Gasteiger partial charge in [0.1, 0.15) is 11.4 Å². The van der Waals surface area contributed by atoms with E-state index in [4.69, 9.17) is 9.99 Å². The van der Waals surface area contributed by atoms with Crippen molar-refractivity contribution in [2.45, 2.75) is 11.8 Å². The molecule has 21 nitrogen and oxygen atoms in total. The number of aliphatic hydroxyl groups excluding tert-OH is 1. The van der Waals surface area contributed by atoms with Gasteiger partial charge in [-0.05, 0) is 79.2 Å². The molecule has 1 heterocycles. The van der Waals surface area contributed by atoms with Crippen LogP contribution in [0.4, 0.5) is 52.0 Å². The molecule has 0 fully saturated rings. The number of methoxy groups -OCH3 is 1. The summed E-state index contributed by atoms with van der Waals surface area (Å²) in [7, 11) is 1.42.